The maximum Gasteiger partial charge on any atom is 0.262 e. The molecule has 1 amide bonds. The van der Waals surface area contributed by atoms with Crippen LogP contribution >= 0.6 is 0 Å². The molecule has 0 aliphatic carbocycles. The van der Waals surface area contributed by atoms with E-state index in [4.69, 9.17) is 4.74 Å². The minimum absolute atomic E-state index is 0.0396. The van der Waals surface area contributed by atoms with E-state index < -0.39 is 0 Å². The smallest absolute Gasteiger partial charge is 0.262 e. The lowest BCUT2D eigenvalue weighted by Gasteiger charge is -2.22. The van der Waals surface area contributed by atoms with Gasteiger partial charge in [0.05, 0.1) is 12.8 Å². The standard InChI is InChI=1S/C26H24N2O2/c1-27(2)22-11-13-23(14-12-22)28-25(20-7-5-4-6-8-20)18-21(26(28)29)17-19-9-15-24(30-3)16-10-19/h4-18H,1-3H3. The molecular weight excluding hydrogens is 372 g/mol. The van der Waals surface area contributed by atoms with Crippen LogP contribution in [0.3, 0.4) is 0 Å². The second-order valence-electron chi connectivity index (χ2n) is 7.32. The molecule has 1 aliphatic heterocycles. The number of carbonyl (C=O) groups excluding carboxylic acids is 1. The van der Waals surface area contributed by atoms with Crippen LogP contribution in [0, 0.1) is 0 Å². The third-order valence-corrected chi connectivity index (χ3v) is 5.11. The first-order valence-corrected chi connectivity index (χ1v) is 9.81. The Hall–Kier alpha value is -3.79. The van der Waals surface area contributed by atoms with Crippen molar-refractivity contribution in [1.29, 1.82) is 0 Å². The molecule has 0 radical (unpaired) electrons. The Morgan fingerprint density at radius 1 is 0.867 bits per heavy atom. The van der Waals surface area contributed by atoms with Gasteiger partial charge in [-0.05, 0) is 59.7 Å². The zero-order chi connectivity index (χ0) is 21.1. The molecule has 0 saturated heterocycles. The van der Waals surface area contributed by atoms with Crippen LogP contribution in [0.5, 0.6) is 5.75 Å². The van der Waals surface area contributed by atoms with Crippen LogP contribution in [-0.2, 0) is 4.79 Å². The summed E-state index contributed by atoms with van der Waals surface area (Å²) in [6, 6.07) is 25.7. The molecule has 0 spiro atoms. The van der Waals surface area contributed by atoms with Gasteiger partial charge in [0, 0.05) is 31.0 Å². The summed E-state index contributed by atoms with van der Waals surface area (Å²) in [5, 5.41) is 0. The molecule has 4 heteroatoms. The summed E-state index contributed by atoms with van der Waals surface area (Å²) in [7, 11) is 5.64. The van der Waals surface area contributed by atoms with Crippen LogP contribution in [0.4, 0.5) is 11.4 Å². The molecular formula is C26H24N2O2. The van der Waals surface area contributed by atoms with E-state index in [1.165, 1.54) is 0 Å². The number of nitrogens with zero attached hydrogens (tertiary/aromatic N) is 2. The third-order valence-electron chi connectivity index (χ3n) is 5.11. The van der Waals surface area contributed by atoms with Gasteiger partial charge in [-0.2, -0.15) is 0 Å². The van der Waals surface area contributed by atoms with E-state index in [0.29, 0.717) is 5.57 Å². The molecule has 0 unspecified atom stereocenters. The van der Waals surface area contributed by atoms with Gasteiger partial charge in [-0.25, -0.2) is 0 Å². The van der Waals surface area contributed by atoms with E-state index in [-0.39, 0.29) is 5.91 Å². The van der Waals surface area contributed by atoms with Crippen molar-refractivity contribution in [3.63, 3.8) is 0 Å². The minimum Gasteiger partial charge on any atom is -0.497 e. The van der Waals surface area contributed by atoms with Crippen molar-refractivity contribution < 1.29 is 9.53 Å². The highest BCUT2D eigenvalue weighted by Crippen LogP contribution is 2.35. The quantitative estimate of drug-likeness (QED) is 0.554. The number of rotatable bonds is 5. The summed E-state index contributed by atoms with van der Waals surface area (Å²) < 4.78 is 5.23. The van der Waals surface area contributed by atoms with Crippen LogP contribution in [0.1, 0.15) is 11.1 Å². The summed E-state index contributed by atoms with van der Waals surface area (Å²) in [6.45, 7) is 0. The molecule has 0 bridgehead atoms. The van der Waals surface area contributed by atoms with Crippen LogP contribution < -0.4 is 14.5 Å². The lowest BCUT2D eigenvalue weighted by Crippen LogP contribution is -2.25. The van der Waals surface area contributed by atoms with Gasteiger partial charge >= 0.3 is 0 Å². The van der Waals surface area contributed by atoms with Gasteiger partial charge in [-0.15, -0.1) is 0 Å². The van der Waals surface area contributed by atoms with Crippen LogP contribution in [0.2, 0.25) is 0 Å². The Morgan fingerprint density at radius 3 is 2.13 bits per heavy atom. The number of ether oxygens (including phenoxy) is 1. The first-order chi connectivity index (χ1) is 14.6. The molecule has 3 aromatic carbocycles. The van der Waals surface area contributed by atoms with Crippen LogP contribution in [0.15, 0.2) is 90.5 Å². The number of benzene rings is 3. The minimum atomic E-state index is -0.0396. The monoisotopic (exact) mass is 396 g/mol. The normalized spacial score (nSPS) is 14.8. The van der Waals surface area contributed by atoms with E-state index >= 15 is 0 Å². The van der Waals surface area contributed by atoms with Crippen LogP contribution in [-0.4, -0.2) is 27.1 Å². The molecule has 4 nitrogen and oxygen atoms in total. The average molecular weight is 396 g/mol. The SMILES string of the molecule is COc1ccc(C=C2C=C(c3ccccc3)N(c3ccc(N(C)C)cc3)C2=O)cc1. The largest absolute Gasteiger partial charge is 0.497 e. The fourth-order valence-corrected chi connectivity index (χ4v) is 3.47. The summed E-state index contributed by atoms with van der Waals surface area (Å²) in [6.07, 6.45) is 3.88. The van der Waals surface area contributed by atoms with Gasteiger partial charge in [-0.1, -0.05) is 42.5 Å². The number of anilines is 2. The fourth-order valence-electron chi connectivity index (χ4n) is 3.47. The molecule has 0 N–H and O–H groups in total. The molecule has 0 atom stereocenters. The Labute approximate surface area is 177 Å². The predicted molar refractivity (Wildman–Crippen MR) is 124 cm³/mol. The lowest BCUT2D eigenvalue weighted by atomic mass is 10.1. The number of methoxy groups -OCH3 is 1. The topological polar surface area (TPSA) is 32.8 Å². The van der Waals surface area contributed by atoms with E-state index in [9.17, 15) is 4.79 Å². The maximum absolute atomic E-state index is 13.4. The van der Waals surface area contributed by atoms with Crippen molar-refractivity contribution in [3.8, 4) is 5.75 Å². The van der Waals surface area contributed by atoms with Crippen molar-refractivity contribution in [2.24, 2.45) is 0 Å². The van der Waals surface area contributed by atoms with Crippen LogP contribution in [0.25, 0.3) is 11.8 Å². The second-order valence-corrected chi connectivity index (χ2v) is 7.32. The Morgan fingerprint density at radius 2 is 1.53 bits per heavy atom. The van der Waals surface area contributed by atoms with E-state index in [2.05, 4.69) is 0 Å². The highest BCUT2D eigenvalue weighted by atomic mass is 16.5. The zero-order valence-electron chi connectivity index (χ0n) is 17.4. The third kappa shape index (κ3) is 3.85. The summed E-state index contributed by atoms with van der Waals surface area (Å²) in [5.74, 6) is 0.750. The van der Waals surface area contributed by atoms with Crippen molar-refractivity contribution in [3.05, 3.63) is 102 Å². The Kier molecular flexibility index (Phi) is 5.40. The first kappa shape index (κ1) is 19.5. The van der Waals surface area contributed by atoms with Crippen molar-refractivity contribution in [2.45, 2.75) is 0 Å². The zero-order valence-corrected chi connectivity index (χ0v) is 17.4. The van der Waals surface area contributed by atoms with E-state index in [0.717, 1.165) is 33.9 Å². The van der Waals surface area contributed by atoms with Crippen molar-refractivity contribution in [1.82, 2.24) is 0 Å². The molecule has 1 aliphatic rings. The van der Waals surface area contributed by atoms with Gasteiger partial charge in [0.1, 0.15) is 5.75 Å². The van der Waals surface area contributed by atoms with Gasteiger partial charge in [0.2, 0.25) is 0 Å². The molecule has 0 saturated carbocycles. The summed E-state index contributed by atoms with van der Waals surface area (Å²) in [4.78, 5) is 17.2. The maximum atomic E-state index is 13.4. The van der Waals surface area contributed by atoms with E-state index in [1.54, 1.807) is 12.0 Å². The number of amides is 1. The molecule has 3 aromatic rings. The number of carbonyl (C=O) groups is 1. The first-order valence-electron chi connectivity index (χ1n) is 9.81. The second kappa shape index (κ2) is 8.29. The summed E-state index contributed by atoms with van der Waals surface area (Å²) in [5.41, 5.74) is 5.41. The Balaban J connectivity index is 1.75. The van der Waals surface area contributed by atoms with Crippen molar-refractivity contribution in [2.75, 3.05) is 31.0 Å². The van der Waals surface area contributed by atoms with Gasteiger partial charge in [0.15, 0.2) is 0 Å². The molecule has 150 valence electrons. The molecule has 0 fully saturated rings. The fraction of sp³-hybridized carbons (Fsp3) is 0.115. The average Bonchev–Trinajstić information content (AvgIpc) is 3.11. The van der Waals surface area contributed by atoms with Gasteiger partial charge in [0.25, 0.3) is 5.91 Å². The highest BCUT2D eigenvalue weighted by molar-refractivity contribution is 6.23. The molecule has 0 aromatic heterocycles. The lowest BCUT2D eigenvalue weighted by molar-refractivity contribution is -0.113. The predicted octanol–water partition coefficient (Wildman–Crippen LogP) is 5.23. The molecule has 4 rings (SSSR count). The highest BCUT2D eigenvalue weighted by Gasteiger charge is 2.30. The number of hydrogen-bond acceptors (Lipinski definition) is 3. The Bertz CT molecular complexity index is 1100. The molecule has 30 heavy (non-hydrogen) atoms. The van der Waals surface area contributed by atoms with E-state index in [1.807, 2.05) is 110 Å². The molecule has 1 heterocycles. The van der Waals surface area contributed by atoms with Gasteiger partial charge < -0.3 is 9.64 Å². The number of hydrogen-bond donors (Lipinski definition) is 0. The van der Waals surface area contributed by atoms with Crippen molar-refractivity contribution >= 4 is 29.1 Å². The summed E-state index contributed by atoms with van der Waals surface area (Å²) >= 11 is 0. The van der Waals surface area contributed by atoms with Gasteiger partial charge in [-0.3, -0.25) is 9.69 Å².